The lowest BCUT2D eigenvalue weighted by Crippen LogP contribution is -2.35. The second kappa shape index (κ2) is 16.8. The van der Waals surface area contributed by atoms with Crippen LogP contribution in [0.2, 0.25) is 0 Å². The van der Waals surface area contributed by atoms with Crippen molar-refractivity contribution in [3.63, 3.8) is 0 Å². The summed E-state index contributed by atoms with van der Waals surface area (Å²) in [7, 11) is 3.27. The molecule has 0 aromatic rings. The Labute approximate surface area is 156 Å². The van der Waals surface area contributed by atoms with Gasteiger partial charge in [0.1, 0.15) is 0 Å². The maximum absolute atomic E-state index is 11.7. The highest BCUT2D eigenvalue weighted by atomic mass is 16.5. The van der Waals surface area contributed by atoms with E-state index in [-0.39, 0.29) is 10.6 Å². The van der Waals surface area contributed by atoms with E-state index < -0.39 is 0 Å². The fourth-order valence-electron chi connectivity index (χ4n) is 3.08. The van der Waals surface area contributed by atoms with Crippen LogP contribution in [-0.2, 0) is 4.79 Å². The third kappa shape index (κ3) is 21.3. The van der Waals surface area contributed by atoms with Gasteiger partial charge in [-0.2, -0.15) is 0 Å². The SMILES string of the molecule is CCCCCCCCCCCCCCCC(=O)NCCC[N+](C)(C)[O-]. The highest BCUT2D eigenvalue weighted by molar-refractivity contribution is 5.75. The molecule has 0 heterocycles. The molecule has 0 bridgehead atoms. The lowest BCUT2D eigenvalue weighted by molar-refractivity contribution is -0.840. The second-order valence-corrected chi connectivity index (χ2v) is 7.99. The van der Waals surface area contributed by atoms with Gasteiger partial charge < -0.3 is 15.2 Å². The van der Waals surface area contributed by atoms with Crippen LogP contribution in [0.1, 0.15) is 103 Å². The molecule has 0 aromatic heterocycles. The molecule has 0 atom stereocenters. The molecule has 0 radical (unpaired) electrons. The highest BCUT2D eigenvalue weighted by Crippen LogP contribution is 2.12. The Morgan fingerprint density at radius 3 is 1.64 bits per heavy atom. The second-order valence-electron chi connectivity index (χ2n) is 7.99. The van der Waals surface area contributed by atoms with E-state index in [1.54, 1.807) is 14.1 Å². The quantitative estimate of drug-likeness (QED) is 0.199. The predicted octanol–water partition coefficient (Wildman–Crippen LogP) is 5.55. The monoisotopic (exact) mass is 356 g/mol. The summed E-state index contributed by atoms with van der Waals surface area (Å²) in [5.74, 6) is 0.138. The van der Waals surface area contributed by atoms with Gasteiger partial charge in [-0.3, -0.25) is 4.79 Å². The maximum atomic E-state index is 11.7. The van der Waals surface area contributed by atoms with Crippen molar-refractivity contribution in [3.8, 4) is 0 Å². The van der Waals surface area contributed by atoms with E-state index >= 15 is 0 Å². The summed E-state index contributed by atoms with van der Waals surface area (Å²) in [4.78, 5) is 11.7. The van der Waals surface area contributed by atoms with Gasteiger partial charge in [0, 0.05) is 19.4 Å². The van der Waals surface area contributed by atoms with E-state index in [0.29, 0.717) is 19.5 Å². The van der Waals surface area contributed by atoms with Crippen molar-refractivity contribution in [2.45, 2.75) is 103 Å². The molecule has 25 heavy (non-hydrogen) atoms. The molecule has 0 aliphatic carbocycles. The van der Waals surface area contributed by atoms with Crippen LogP contribution in [0.4, 0.5) is 0 Å². The van der Waals surface area contributed by atoms with Gasteiger partial charge in [0.2, 0.25) is 5.91 Å². The number of unbranched alkanes of at least 4 members (excludes halogenated alkanes) is 12. The fourth-order valence-corrected chi connectivity index (χ4v) is 3.08. The molecule has 0 aliphatic rings. The summed E-state index contributed by atoms with van der Waals surface area (Å²) >= 11 is 0. The highest BCUT2D eigenvalue weighted by Gasteiger charge is 2.03. The van der Waals surface area contributed by atoms with Crippen LogP contribution < -0.4 is 5.32 Å². The number of quaternary nitrogens is 1. The Morgan fingerprint density at radius 1 is 0.760 bits per heavy atom. The lowest BCUT2D eigenvalue weighted by atomic mass is 10.0. The summed E-state index contributed by atoms with van der Waals surface area (Å²) in [6, 6.07) is 0. The summed E-state index contributed by atoms with van der Waals surface area (Å²) in [6.45, 7) is 3.45. The molecule has 150 valence electrons. The number of hydrogen-bond acceptors (Lipinski definition) is 2. The number of nitrogens with zero attached hydrogens (tertiary/aromatic N) is 1. The van der Waals surface area contributed by atoms with Crippen molar-refractivity contribution in [3.05, 3.63) is 5.21 Å². The van der Waals surface area contributed by atoms with E-state index in [1.165, 1.54) is 70.6 Å². The van der Waals surface area contributed by atoms with Crippen molar-refractivity contribution < 1.29 is 9.44 Å². The Morgan fingerprint density at radius 2 is 1.20 bits per heavy atom. The van der Waals surface area contributed by atoms with Crippen LogP contribution in [0, 0.1) is 5.21 Å². The van der Waals surface area contributed by atoms with E-state index in [0.717, 1.165) is 19.3 Å². The molecule has 0 aliphatic heterocycles. The minimum atomic E-state index is -0.283. The normalized spacial score (nSPS) is 11.7. The summed E-state index contributed by atoms with van der Waals surface area (Å²) in [5, 5.41) is 14.3. The number of carbonyl (C=O) groups is 1. The number of carbonyl (C=O) groups excluding carboxylic acids is 1. The van der Waals surface area contributed by atoms with Gasteiger partial charge in [0.05, 0.1) is 20.6 Å². The molecule has 0 saturated heterocycles. The minimum absolute atomic E-state index is 0.138. The standard InChI is InChI=1S/C21H44N2O2/c1-4-5-6-7-8-9-10-11-12-13-14-15-16-18-21(24)22-19-17-20-23(2,3)25/h4-20H2,1-3H3,(H,22,24). The van der Waals surface area contributed by atoms with Crippen LogP contribution in [-0.4, -0.2) is 37.7 Å². The van der Waals surface area contributed by atoms with Gasteiger partial charge in [0.25, 0.3) is 0 Å². The zero-order chi connectivity index (χ0) is 18.8. The molecule has 1 N–H and O–H groups in total. The van der Waals surface area contributed by atoms with Crippen LogP contribution in [0.15, 0.2) is 0 Å². The molecule has 1 amide bonds. The average Bonchev–Trinajstić information content (AvgIpc) is 2.55. The Bertz CT molecular complexity index is 301. The first-order chi connectivity index (χ1) is 12.0. The van der Waals surface area contributed by atoms with Gasteiger partial charge >= 0.3 is 0 Å². The fraction of sp³-hybridized carbons (Fsp3) is 0.952. The summed E-state index contributed by atoms with van der Waals surface area (Å²) < 4.78 is -0.283. The molecule has 0 fully saturated rings. The first kappa shape index (κ1) is 24.4. The van der Waals surface area contributed by atoms with E-state index in [1.807, 2.05) is 0 Å². The Kier molecular flexibility index (Phi) is 16.4. The molecular formula is C21H44N2O2. The van der Waals surface area contributed by atoms with E-state index in [2.05, 4.69) is 12.2 Å². The first-order valence-corrected chi connectivity index (χ1v) is 10.8. The molecule has 0 unspecified atom stereocenters. The zero-order valence-electron chi connectivity index (χ0n) is 17.3. The van der Waals surface area contributed by atoms with Crippen LogP contribution in [0.3, 0.4) is 0 Å². The van der Waals surface area contributed by atoms with E-state index in [4.69, 9.17) is 0 Å². The van der Waals surface area contributed by atoms with Crippen molar-refractivity contribution in [1.82, 2.24) is 5.32 Å². The van der Waals surface area contributed by atoms with Crippen molar-refractivity contribution in [1.29, 1.82) is 0 Å². The molecule has 0 spiro atoms. The van der Waals surface area contributed by atoms with Crippen LogP contribution in [0.5, 0.6) is 0 Å². The molecule has 0 rings (SSSR count). The lowest BCUT2D eigenvalue weighted by Gasteiger charge is -2.33. The summed E-state index contributed by atoms with van der Waals surface area (Å²) in [6.07, 6.45) is 18.6. The molecule has 0 aromatic carbocycles. The third-order valence-corrected chi connectivity index (χ3v) is 4.70. The summed E-state index contributed by atoms with van der Waals surface area (Å²) in [5.41, 5.74) is 0. The van der Waals surface area contributed by atoms with Gasteiger partial charge in [-0.1, -0.05) is 84.0 Å². The van der Waals surface area contributed by atoms with Crippen molar-refractivity contribution in [2.24, 2.45) is 0 Å². The van der Waals surface area contributed by atoms with E-state index in [9.17, 15) is 10.0 Å². The van der Waals surface area contributed by atoms with Crippen LogP contribution >= 0.6 is 0 Å². The Hall–Kier alpha value is -0.610. The van der Waals surface area contributed by atoms with Crippen LogP contribution in [0.25, 0.3) is 0 Å². The van der Waals surface area contributed by atoms with Crippen molar-refractivity contribution >= 4 is 5.91 Å². The third-order valence-electron chi connectivity index (χ3n) is 4.70. The molecule has 4 nitrogen and oxygen atoms in total. The van der Waals surface area contributed by atoms with Gasteiger partial charge in [-0.05, 0) is 6.42 Å². The first-order valence-electron chi connectivity index (χ1n) is 10.8. The van der Waals surface area contributed by atoms with Gasteiger partial charge in [-0.25, -0.2) is 0 Å². The Balaban J connectivity index is 3.18. The van der Waals surface area contributed by atoms with Gasteiger partial charge in [-0.15, -0.1) is 0 Å². The molecule has 4 heteroatoms. The maximum Gasteiger partial charge on any atom is 0.219 e. The molecular weight excluding hydrogens is 312 g/mol. The number of amides is 1. The number of hydroxylamine groups is 3. The smallest absolute Gasteiger partial charge is 0.219 e. The minimum Gasteiger partial charge on any atom is -0.633 e. The van der Waals surface area contributed by atoms with Gasteiger partial charge in [0.15, 0.2) is 0 Å². The topological polar surface area (TPSA) is 52.2 Å². The average molecular weight is 357 g/mol. The van der Waals surface area contributed by atoms with Crippen molar-refractivity contribution in [2.75, 3.05) is 27.2 Å². The molecule has 0 saturated carbocycles. The predicted molar refractivity (Wildman–Crippen MR) is 108 cm³/mol. The zero-order valence-corrected chi connectivity index (χ0v) is 17.3. The largest absolute Gasteiger partial charge is 0.633 e. The number of hydrogen-bond donors (Lipinski definition) is 1. The number of nitrogens with one attached hydrogen (secondary N) is 1. The number of rotatable bonds is 18.